The van der Waals surface area contributed by atoms with E-state index in [1.54, 1.807) is 12.2 Å². The molecule has 2 spiro atoms. The number of carbonyl (C=O) groups is 6. The third-order valence-electron chi connectivity index (χ3n) is 7.26. The summed E-state index contributed by atoms with van der Waals surface area (Å²) in [6, 6.07) is 0. The highest BCUT2D eigenvalue weighted by molar-refractivity contribution is 6.16. The van der Waals surface area contributed by atoms with Crippen molar-refractivity contribution in [1.29, 1.82) is 0 Å². The van der Waals surface area contributed by atoms with E-state index in [2.05, 4.69) is 4.74 Å². The summed E-state index contributed by atoms with van der Waals surface area (Å²) in [6.07, 6.45) is 13.6. The van der Waals surface area contributed by atoms with Crippen LogP contribution in [-0.4, -0.2) is 70.8 Å². The van der Waals surface area contributed by atoms with E-state index >= 15 is 0 Å². The molecule has 1 saturated carbocycles. The molecule has 0 radical (unpaired) electrons. The van der Waals surface area contributed by atoms with Crippen LogP contribution in [0.25, 0.3) is 0 Å². The van der Waals surface area contributed by atoms with Crippen LogP contribution in [0.5, 0.6) is 0 Å². The fourth-order valence-electron chi connectivity index (χ4n) is 4.84. The first kappa shape index (κ1) is 30.8. The van der Waals surface area contributed by atoms with Crippen molar-refractivity contribution in [1.82, 2.24) is 0 Å². The number of cyclic esters (lactones) is 2. The van der Waals surface area contributed by atoms with Crippen LogP contribution in [0.15, 0.2) is 94.6 Å². The Morgan fingerprint density at radius 1 is 0.556 bits per heavy atom. The number of ether oxygens (including phenoxy) is 6. The van der Waals surface area contributed by atoms with Crippen molar-refractivity contribution < 1.29 is 67.4 Å². The third kappa shape index (κ3) is 6.64. The fourth-order valence-corrected chi connectivity index (χ4v) is 4.84. The largest absolute Gasteiger partial charge is 0.508 e. The van der Waals surface area contributed by atoms with Crippen molar-refractivity contribution in [3.05, 3.63) is 94.6 Å². The van der Waals surface area contributed by atoms with Crippen LogP contribution < -0.4 is 0 Å². The Kier molecular flexibility index (Phi) is 8.57. The number of hydrogen-bond donors (Lipinski definition) is 2. The normalized spacial score (nSPS) is 27.3. The lowest BCUT2D eigenvalue weighted by molar-refractivity contribution is -0.291. The number of esters is 6. The fraction of sp³-hybridized carbons (Fsp3) is 0.290. The van der Waals surface area contributed by atoms with Crippen LogP contribution in [0.1, 0.15) is 32.1 Å². The van der Waals surface area contributed by atoms with Crippen molar-refractivity contribution in [3.8, 4) is 0 Å². The molecule has 1 aliphatic carbocycles. The summed E-state index contributed by atoms with van der Waals surface area (Å²) in [7, 11) is 0. The summed E-state index contributed by atoms with van der Waals surface area (Å²) in [5.74, 6) is -8.55. The second kappa shape index (κ2) is 12.5. The molecule has 234 valence electrons. The molecule has 0 aromatic heterocycles. The third-order valence-corrected chi connectivity index (χ3v) is 7.26. The monoisotopic (exact) mass is 622 g/mol. The molecule has 45 heavy (non-hydrogen) atoms. The number of aliphatic hydroxyl groups excluding tert-OH is 2. The molecular formula is C31H26O14. The van der Waals surface area contributed by atoms with Gasteiger partial charge in [0.2, 0.25) is 0 Å². The molecule has 2 saturated heterocycles. The maximum atomic E-state index is 12.7. The molecule has 0 atom stereocenters. The minimum Gasteiger partial charge on any atom is -0.508 e. The van der Waals surface area contributed by atoms with E-state index in [0.717, 1.165) is 0 Å². The van der Waals surface area contributed by atoms with Crippen LogP contribution in [0, 0.1) is 0 Å². The lowest BCUT2D eigenvalue weighted by Gasteiger charge is -2.45. The number of aliphatic hydroxyl groups is 2. The molecule has 5 aliphatic rings. The predicted molar refractivity (Wildman–Crippen MR) is 147 cm³/mol. The molecule has 3 fully saturated rings. The van der Waals surface area contributed by atoms with Crippen LogP contribution in [-0.2, 0) is 57.2 Å². The van der Waals surface area contributed by atoms with Gasteiger partial charge in [-0.1, -0.05) is 42.5 Å². The summed E-state index contributed by atoms with van der Waals surface area (Å²) in [5.41, 5.74) is -0.581. The summed E-state index contributed by atoms with van der Waals surface area (Å²) in [6.45, 7) is -0.361. The SMILES string of the molecule is O=C1OC2(CCC3(CC2)OC(=O)C(=C/C=C/C=C/C2=C(O)COC2=O)C(=O)O3)OC(=O)C1=C/C=C/C=C/CC1=C(O)COC1=O. The van der Waals surface area contributed by atoms with Crippen molar-refractivity contribution in [3.63, 3.8) is 0 Å². The second-order valence-electron chi connectivity index (χ2n) is 10.2. The first-order valence-corrected chi connectivity index (χ1v) is 13.7. The highest BCUT2D eigenvalue weighted by Gasteiger charge is 2.56. The quantitative estimate of drug-likeness (QED) is 0.138. The average molecular weight is 623 g/mol. The van der Waals surface area contributed by atoms with Crippen LogP contribution >= 0.6 is 0 Å². The molecular weight excluding hydrogens is 596 g/mol. The Labute approximate surface area is 254 Å². The average Bonchev–Trinajstić information content (AvgIpc) is 3.49. The van der Waals surface area contributed by atoms with Crippen molar-refractivity contribution in [2.24, 2.45) is 0 Å². The molecule has 0 amide bonds. The number of hydrogen-bond acceptors (Lipinski definition) is 14. The highest BCUT2D eigenvalue weighted by atomic mass is 16.8. The molecule has 14 heteroatoms. The smallest absolute Gasteiger partial charge is 0.348 e. The molecule has 4 heterocycles. The van der Waals surface area contributed by atoms with Gasteiger partial charge in [0.1, 0.15) is 41.5 Å². The van der Waals surface area contributed by atoms with Crippen molar-refractivity contribution >= 4 is 35.8 Å². The maximum absolute atomic E-state index is 12.7. The van der Waals surface area contributed by atoms with E-state index < -0.39 is 47.4 Å². The Morgan fingerprint density at radius 3 is 1.47 bits per heavy atom. The van der Waals surface area contributed by atoms with E-state index in [1.165, 1.54) is 48.6 Å². The van der Waals surface area contributed by atoms with Gasteiger partial charge in [0.25, 0.3) is 11.6 Å². The predicted octanol–water partition coefficient (Wildman–Crippen LogP) is 2.36. The molecule has 2 N–H and O–H groups in total. The van der Waals surface area contributed by atoms with Crippen LogP contribution in [0.4, 0.5) is 0 Å². The summed E-state index contributed by atoms with van der Waals surface area (Å²) < 4.78 is 31.2. The van der Waals surface area contributed by atoms with E-state index in [4.69, 9.17) is 23.7 Å². The number of carbonyl (C=O) groups excluding carboxylic acids is 6. The lowest BCUT2D eigenvalue weighted by atomic mass is 9.87. The molecule has 0 bridgehead atoms. The minimum absolute atomic E-state index is 0.00450. The van der Waals surface area contributed by atoms with Crippen molar-refractivity contribution in [2.45, 2.75) is 43.7 Å². The zero-order valence-electron chi connectivity index (χ0n) is 23.5. The zero-order valence-corrected chi connectivity index (χ0v) is 23.5. The Morgan fingerprint density at radius 2 is 1.02 bits per heavy atom. The standard InChI is InChI=1S/C31H26O14/c32-22-16-40-24(34)18(22)8-4-1-2-5-10-20-26(36)42-30(43-27(20)37)12-14-31(15-13-30)44-28(38)21(29(39)45-31)11-7-3-6-9-19-23(33)17-41-25(19)35/h1-7,9-11,32-33H,8,12-17H2/b4-1+,5-2+,7-3+,9-6+,20-10?,21-11?. The van der Waals surface area contributed by atoms with E-state index in [9.17, 15) is 39.0 Å². The molecule has 0 aromatic rings. The Balaban J connectivity index is 1.13. The van der Waals surface area contributed by atoms with Crippen LogP contribution in [0.2, 0.25) is 0 Å². The Bertz CT molecular complexity index is 1560. The molecule has 14 nitrogen and oxygen atoms in total. The maximum Gasteiger partial charge on any atom is 0.348 e. The van der Waals surface area contributed by atoms with Gasteiger partial charge in [0.05, 0.1) is 5.57 Å². The minimum atomic E-state index is -1.63. The molecule has 0 aromatic carbocycles. The van der Waals surface area contributed by atoms with Gasteiger partial charge in [-0.15, -0.1) is 0 Å². The van der Waals surface area contributed by atoms with Gasteiger partial charge in [0.15, 0.2) is 0 Å². The van der Waals surface area contributed by atoms with Gasteiger partial charge in [0, 0.05) is 32.1 Å². The zero-order chi connectivity index (χ0) is 32.2. The van der Waals surface area contributed by atoms with Crippen molar-refractivity contribution in [2.75, 3.05) is 13.2 Å². The number of allylic oxidation sites excluding steroid dienone is 9. The van der Waals surface area contributed by atoms with E-state index in [-0.39, 0.29) is 79.1 Å². The second-order valence-corrected chi connectivity index (χ2v) is 10.2. The summed E-state index contributed by atoms with van der Waals surface area (Å²) >= 11 is 0. The first-order chi connectivity index (χ1) is 21.5. The van der Waals surface area contributed by atoms with Gasteiger partial charge < -0.3 is 38.6 Å². The van der Waals surface area contributed by atoms with E-state index in [0.29, 0.717) is 0 Å². The first-order valence-electron chi connectivity index (χ1n) is 13.7. The summed E-state index contributed by atoms with van der Waals surface area (Å²) in [5, 5.41) is 19.2. The van der Waals surface area contributed by atoms with Gasteiger partial charge >= 0.3 is 35.8 Å². The Hall–Kier alpha value is -5.66. The van der Waals surface area contributed by atoms with Gasteiger partial charge in [-0.2, -0.15) is 0 Å². The van der Waals surface area contributed by atoms with Crippen LogP contribution in [0.3, 0.4) is 0 Å². The molecule has 5 rings (SSSR count). The number of rotatable bonds is 7. The van der Waals surface area contributed by atoms with Gasteiger partial charge in [-0.3, -0.25) is 0 Å². The topological polar surface area (TPSA) is 198 Å². The lowest BCUT2D eigenvalue weighted by Crippen LogP contribution is -2.56. The van der Waals surface area contributed by atoms with Gasteiger partial charge in [-0.25, -0.2) is 28.8 Å². The van der Waals surface area contributed by atoms with Gasteiger partial charge in [-0.05, 0) is 18.2 Å². The highest BCUT2D eigenvalue weighted by Crippen LogP contribution is 2.45. The molecule has 4 aliphatic heterocycles. The molecule has 0 unspecified atom stereocenters. The van der Waals surface area contributed by atoms with E-state index in [1.807, 2.05) is 0 Å². The summed E-state index contributed by atoms with van der Waals surface area (Å²) in [4.78, 5) is 73.5.